The highest BCUT2D eigenvalue weighted by Crippen LogP contribution is 2.00. The van der Waals surface area contributed by atoms with Crippen LogP contribution in [0.3, 0.4) is 0 Å². The van der Waals surface area contributed by atoms with Gasteiger partial charge < -0.3 is 5.73 Å². The van der Waals surface area contributed by atoms with Crippen LogP contribution in [0.15, 0.2) is 0 Å². The predicted molar refractivity (Wildman–Crippen MR) is 43.4 cm³/mol. The van der Waals surface area contributed by atoms with E-state index in [2.05, 4.69) is 4.18 Å². The zero-order valence-corrected chi connectivity index (χ0v) is 7.73. The molecule has 5 heteroatoms. The molecule has 4 nitrogen and oxygen atoms in total. The molecular weight excluding hydrogens is 166 g/mol. The average molecular weight is 181 g/mol. The molecule has 2 N–H and O–H groups in total. The topological polar surface area (TPSA) is 69.4 Å². The van der Waals surface area contributed by atoms with Crippen LogP contribution in [0.2, 0.25) is 0 Å². The molecule has 0 heterocycles. The summed E-state index contributed by atoms with van der Waals surface area (Å²) in [5.41, 5.74) is 5.29. The SMILES string of the molecule is CCCS(=O)(=O)OC(N)CC. The molecule has 68 valence electrons. The van der Waals surface area contributed by atoms with Crippen molar-refractivity contribution in [1.29, 1.82) is 0 Å². The van der Waals surface area contributed by atoms with Gasteiger partial charge in [0, 0.05) is 0 Å². The third-order valence-electron chi connectivity index (χ3n) is 1.13. The molecule has 0 amide bonds. The van der Waals surface area contributed by atoms with E-state index in [-0.39, 0.29) is 5.75 Å². The van der Waals surface area contributed by atoms with E-state index >= 15 is 0 Å². The first-order chi connectivity index (χ1) is 5.02. The molecule has 0 fully saturated rings. The second-order valence-electron chi connectivity index (χ2n) is 2.30. The Bertz CT molecular complexity index is 188. The van der Waals surface area contributed by atoms with Gasteiger partial charge in [0.05, 0.1) is 5.75 Å². The van der Waals surface area contributed by atoms with E-state index in [0.29, 0.717) is 12.8 Å². The Labute approximate surface area is 67.9 Å². The van der Waals surface area contributed by atoms with Crippen molar-refractivity contribution >= 4 is 10.1 Å². The summed E-state index contributed by atoms with van der Waals surface area (Å²) in [6, 6.07) is 0. The molecule has 0 bridgehead atoms. The van der Waals surface area contributed by atoms with Crippen molar-refractivity contribution < 1.29 is 12.6 Å². The van der Waals surface area contributed by atoms with Gasteiger partial charge in [0.2, 0.25) is 0 Å². The lowest BCUT2D eigenvalue weighted by Gasteiger charge is -2.09. The highest BCUT2D eigenvalue weighted by atomic mass is 32.2. The Morgan fingerprint density at radius 1 is 1.45 bits per heavy atom. The van der Waals surface area contributed by atoms with Crippen molar-refractivity contribution in [2.24, 2.45) is 5.73 Å². The van der Waals surface area contributed by atoms with E-state index in [1.54, 1.807) is 13.8 Å². The van der Waals surface area contributed by atoms with E-state index in [1.807, 2.05) is 0 Å². The maximum Gasteiger partial charge on any atom is 0.268 e. The first-order valence-corrected chi connectivity index (χ1v) is 5.26. The second kappa shape index (κ2) is 4.69. The van der Waals surface area contributed by atoms with Gasteiger partial charge in [-0.15, -0.1) is 0 Å². The molecular formula is C6H15NO3S. The zero-order chi connectivity index (χ0) is 8.91. The van der Waals surface area contributed by atoms with Crippen LogP contribution in [0, 0.1) is 0 Å². The Hall–Kier alpha value is -0.130. The summed E-state index contributed by atoms with van der Waals surface area (Å²) >= 11 is 0. The second-order valence-corrected chi connectivity index (χ2v) is 4.02. The van der Waals surface area contributed by atoms with Crippen molar-refractivity contribution in [1.82, 2.24) is 0 Å². The van der Waals surface area contributed by atoms with Crippen LogP contribution in [0.25, 0.3) is 0 Å². The van der Waals surface area contributed by atoms with Crippen molar-refractivity contribution in [2.75, 3.05) is 5.75 Å². The quantitative estimate of drug-likeness (QED) is 0.493. The van der Waals surface area contributed by atoms with Gasteiger partial charge in [0.1, 0.15) is 6.23 Å². The first-order valence-electron chi connectivity index (χ1n) is 3.68. The summed E-state index contributed by atoms with van der Waals surface area (Å²) in [5, 5.41) is 0. The van der Waals surface area contributed by atoms with Gasteiger partial charge in [0.15, 0.2) is 0 Å². The lowest BCUT2D eigenvalue weighted by molar-refractivity contribution is 0.212. The van der Waals surface area contributed by atoms with Crippen LogP contribution in [0.1, 0.15) is 26.7 Å². The summed E-state index contributed by atoms with van der Waals surface area (Å²) in [6.07, 6.45) is 0.369. The van der Waals surface area contributed by atoms with Crippen LogP contribution >= 0.6 is 0 Å². The molecule has 0 rings (SSSR count). The van der Waals surface area contributed by atoms with Crippen LogP contribution in [0.4, 0.5) is 0 Å². The fourth-order valence-electron chi connectivity index (χ4n) is 0.554. The summed E-state index contributed by atoms with van der Waals surface area (Å²) in [4.78, 5) is 0. The fourth-order valence-corrected chi connectivity index (χ4v) is 1.66. The fraction of sp³-hybridized carbons (Fsp3) is 1.00. The molecule has 0 spiro atoms. The molecule has 0 aliphatic carbocycles. The van der Waals surface area contributed by atoms with Crippen LogP contribution < -0.4 is 5.73 Å². The van der Waals surface area contributed by atoms with E-state index in [0.717, 1.165) is 0 Å². The molecule has 0 radical (unpaired) electrons. The molecule has 0 aliphatic heterocycles. The molecule has 0 saturated carbocycles. The minimum atomic E-state index is -3.37. The number of rotatable bonds is 5. The van der Waals surface area contributed by atoms with Crippen molar-refractivity contribution in [3.63, 3.8) is 0 Å². The minimum absolute atomic E-state index is 0.0424. The van der Waals surface area contributed by atoms with Crippen LogP contribution in [0.5, 0.6) is 0 Å². The Morgan fingerprint density at radius 2 is 2.00 bits per heavy atom. The van der Waals surface area contributed by atoms with Gasteiger partial charge >= 0.3 is 0 Å². The summed E-state index contributed by atoms with van der Waals surface area (Å²) in [7, 11) is -3.37. The average Bonchev–Trinajstić information content (AvgIpc) is 1.86. The lowest BCUT2D eigenvalue weighted by atomic mass is 10.5. The predicted octanol–water partition coefficient (Wildman–Crippen LogP) is 0.438. The van der Waals surface area contributed by atoms with Crippen molar-refractivity contribution in [3.05, 3.63) is 0 Å². The molecule has 0 aliphatic rings. The molecule has 0 aromatic carbocycles. The Kier molecular flexibility index (Phi) is 4.63. The van der Waals surface area contributed by atoms with Gasteiger partial charge in [-0.1, -0.05) is 13.8 Å². The van der Waals surface area contributed by atoms with Gasteiger partial charge in [-0.3, -0.25) is 4.18 Å². The third-order valence-corrected chi connectivity index (χ3v) is 2.58. The standard InChI is InChI=1S/C6H15NO3S/c1-3-5-11(8,9)10-6(7)4-2/h6H,3-5,7H2,1-2H3. The summed E-state index contributed by atoms with van der Waals surface area (Å²) in [5.74, 6) is 0.0424. The molecule has 1 unspecified atom stereocenters. The highest BCUT2D eigenvalue weighted by Gasteiger charge is 2.13. The number of hydrogen-bond donors (Lipinski definition) is 1. The molecule has 1 atom stereocenters. The maximum absolute atomic E-state index is 10.9. The van der Waals surface area contributed by atoms with Gasteiger partial charge in [0.25, 0.3) is 10.1 Å². The molecule has 0 aromatic rings. The molecule has 11 heavy (non-hydrogen) atoms. The highest BCUT2D eigenvalue weighted by molar-refractivity contribution is 7.86. The first kappa shape index (κ1) is 10.9. The Morgan fingerprint density at radius 3 is 2.36 bits per heavy atom. The van der Waals surface area contributed by atoms with E-state index in [1.165, 1.54) is 0 Å². The van der Waals surface area contributed by atoms with Gasteiger partial charge in [-0.05, 0) is 12.8 Å². The largest absolute Gasteiger partial charge is 0.305 e. The number of hydrogen-bond acceptors (Lipinski definition) is 4. The van der Waals surface area contributed by atoms with Gasteiger partial charge in [-0.25, -0.2) is 0 Å². The van der Waals surface area contributed by atoms with Crippen molar-refractivity contribution in [3.8, 4) is 0 Å². The van der Waals surface area contributed by atoms with E-state index in [9.17, 15) is 8.42 Å². The maximum atomic E-state index is 10.9. The third kappa shape index (κ3) is 5.17. The summed E-state index contributed by atoms with van der Waals surface area (Å²) in [6.45, 7) is 3.55. The molecule has 0 saturated heterocycles. The summed E-state index contributed by atoms with van der Waals surface area (Å²) < 4.78 is 26.4. The molecule has 0 aromatic heterocycles. The smallest absolute Gasteiger partial charge is 0.268 e. The van der Waals surface area contributed by atoms with Crippen LogP contribution in [-0.4, -0.2) is 20.4 Å². The van der Waals surface area contributed by atoms with Crippen molar-refractivity contribution in [2.45, 2.75) is 32.9 Å². The number of nitrogens with two attached hydrogens (primary N) is 1. The van der Waals surface area contributed by atoms with Gasteiger partial charge in [-0.2, -0.15) is 8.42 Å². The minimum Gasteiger partial charge on any atom is -0.305 e. The Balaban J connectivity index is 3.92. The van der Waals surface area contributed by atoms with Crippen LogP contribution in [-0.2, 0) is 14.3 Å². The normalized spacial score (nSPS) is 14.8. The zero-order valence-electron chi connectivity index (χ0n) is 6.91. The van der Waals surface area contributed by atoms with E-state index in [4.69, 9.17) is 5.73 Å². The van der Waals surface area contributed by atoms with E-state index < -0.39 is 16.3 Å². The lowest BCUT2D eigenvalue weighted by Crippen LogP contribution is -2.27. The monoisotopic (exact) mass is 181 g/mol.